The first-order valence-corrected chi connectivity index (χ1v) is 11.5. The van der Waals surface area contributed by atoms with Crippen molar-refractivity contribution < 1.29 is 9.53 Å². The van der Waals surface area contributed by atoms with Crippen LogP contribution in [-0.2, 0) is 24.1 Å². The van der Waals surface area contributed by atoms with Gasteiger partial charge in [0.1, 0.15) is 5.00 Å². The highest BCUT2D eigenvalue weighted by Crippen LogP contribution is 2.42. The van der Waals surface area contributed by atoms with Gasteiger partial charge in [-0.3, -0.25) is 0 Å². The van der Waals surface area contributed by atoms with Crippen LogP contribution >= 0.6 is 11.3 Å². The average molecular weight is 402 g/mol. The minimum absolute atomic E-state index is 0.0414. The Morgan fingerprint density at radius 1 is 1.29 bits per heavy atom. The third-order valence-electron chi connectivity index (χ3n) is 5.90. The number of aromatic nitrogens is 1. The van der Waals surface area contributed by atoms with Crippen molar-refractivity contribution in [2.75, 3.05) is 19.8 Å². The van der Waals surface area contributed by atoms with Gasteiger partial charge in [0.25, 0.3) is 0 Å². The number of hydrogen-bond acceptors (Lipinski definition) is 3. The molecule has 28 heavy (non-hydrogen) atoms. The zero-order chi connectivity index (χ0) is 19.5. The van der Waals surface area contributed by atoms with E-state index in [0.29, 0.717) is 19.7 Å². The third-order valence-corrected chi connectivity index (χ3v) is 7.23. The molecular weight excluding hydrogens is 370 g/mol. The highest BCUT2D eigenvalue weighted by Gasteiger charge is 2.34. The molecule has 0 radical (unpaired) electrons. The number of nitrogens with one attached hydrogen (secondary N) is 1. The van der Waals surface area contributed by atoms with Gasteiger partial charge in [0.05, 0.1) is 12.6 Å². The molecule has 1 N–H and O–H groups in total. The fraction of sp³-hybridized carbons (Fsp3) is 0.591. The number of thiophene rings is 1. The van der Waals surface area contributed by atoms with Crippen molar-refractivity contribution in [3.63, 3.8) is 0 Å². The second-order valence-electron chi connectivity index (χ2n) is 7.63. The Balaban J connectivity index is 1.62. The van der Waals surface area contributed by atoms with E-state index in [9.17, 15) is 4.79 Å². The molecule has 0 aromatic carbocycles. The Morgan fingerprint density at radius 2 is 2.14 bits per heavy atom. The van der Waals surface area contributed by atoms with E-state index >= 15 is 0 Å². The number of urea groups is 1. The van der Waals surface area contributed by atoms with E-state index in [1.165, 1.54) is 46.0 Å². The summed E-state index contributed by atoms with van der Waals surface area (Å²) in [6.07, 6.45) is 8.81. The molecule has 3 heterocycles. The highest BCUT2D eigenvalue weighted by molar-refractivity contribution is 7.15. The van der Waals surface area contributed by atoms with Crippen LogP contribution in [0.1, 0.15) is 67.3 Å². The summed E-state index contributed by atoms with van der Waals surface area (Å²) in [6.45, 7) is 6.95. The minimum atomic E-state index is 0.0414. The van der Waals surface area contributed by atoms with Gasteiger partial charge in [-0.2, -0.15) is 0 Å². The number of fused-ring (bicyclic) bond motifs is 5. The number of hydrogen-bond donors (Lipinski definition) is 1. The van der Waals surface area contributed by atoms with Crippen LogP contribution in [0, 0.1) is 0 Å². The average Bonchev–Trinajstić information content (AvgIpc) is 3.30. The molecule has 1 atom stereocenters. The van der Waals surface area contributed by atoms with Crippen LogP contribution in [0.25, 0.3) is 5.00 Å². The van der Waals surface area contributed by atoms with E-state index in [0.717, 1.165) is 25.9 Å². The SMILES string of the molecule is CCOCCCNC(=O)N1Cc2c(sc3c2CCCC3)-n2cccc2C1CC. The number of amides is 2. The van der Waals surface area contributed by atoms with Crippen molar-refractivity contribution in [2.24, 2.45) is 0 Å². The normalized spacial score (nSPS) is 18.2. The second kappa shape index (κ2) is 8.70. The summed E-state index contributed by atoms with van der Waals surface area (Å²) in [4.78, 5) is 16.7. The maximum Gasteiger partial charge on any atom is 0.318 e. The molecule has 0 bridgehead atoms. The molecule has 2 aromatic heterocycles. The number of aryl methyl sites for hydroxylation is 1. The summed E-state index contributed by atoms with van der Waals surface area (Å²) in [5, 5.41) is 4.46. The van der Waals surface area contributed by atoms with Crippen molar-refractivity contribution in [3.8, 4) is 5.00 Å². The van der Waals surface area contributed by atoms with Crippen molar-refractivity contribution in [1.82, 2.24) is 14.8 Å². The van der Waals surface area contributed by atoms with Crippen LogP contribution in [0.2, 0.25) is 0 Å². The van der Waals surface area contributed by atoms with Gasteiger partial charge in [-0.15, -0.1) is 11.3 Å². The lowest BCUT2D eigenvalue weighted by Crippen LogP contribution is -2.42. The van der Waals surface area contributed by atoms with Crippen LogP contribution in [0.3, 0.4) is 0 Å². The molecule has 2 amide bonds. The molecular formula is C22H31N3O2S. The summed E-state index contributed by atoms with van der Waals surface area (Å²) >= 11 is 1.94. The molecule has 0 saturated heterocycles. The van der Waals surface area contributed by atoms with E-state index in [1.807, 2.05) is 18.3 Å². The molecule has 2 aliphatic rings. The molecule has 1 aliphatic heterocycles. The number of ether oxygens (including phenoxy) is 1. The first kappa shape index (κ1) is 19.5. The molecule has 6 heteroatoms. The van der Waals surface area contributed by atoms with Crippen LogP contribution in [-0.4, -0.2) is 35.3 Å². The lowest BCUT2D eigenvalue weighted by molar-refractivity contribution is 0.141. The van der Waals surface area contributed by atoms with Gasteiger partial charge >= 0.3 is 6.03 Å². The summed E-state index contributed by atoms with van der Waals surface area (Å²) < 4.78 is 7.73. The zero-order valence-corrected chi connectivity index (χ0v) is 17.8. The van der Waals surface area contributed by atoms with Gasteiger partial charge in [0, 0.05) is 42.1 Å². The molecule has 0 saturated carbocycles. The van der Waals surface area contributed by atoms with E-state index in [1.54, 1.807) is 0 Å². The number of carbonyl (C=O) groups is 1. The Morgan fingerprint density at radius 3 is 2.96 bits per heavy atom. The monoisotopic (exact) mass is 401 g/mol. The van der Waals surface area contributed by atoms with Crippen LogP contribution < -0.4 is 5.32 Å². The van der Waals surface area contributed by atoms with Crippen LogP contribution in [0.15, 0.2) is 18.3 Å². The van der Waals surface area contributed by atoms with Crippen molar-refractivity contribution in [1.29, 1.82) is 0 Å². The van der Waals surface area contributed by atoms with E-state index in [4.69, 9.17) is 4.74 Å². The quantitative estimate of drug-likeness (QED) is 0.706. The van der Waals surface area contributed by atoms with Gasteiger partial charge in [-0.25, -0.2) is 4.79 Å². The molecule has 1 aliphatic carbocycles. The van der Waals surface area contributed by atoms with Gasteiger partial charge in [0.2, 0.25) is 0 Å². The highest BCUT2D eigenvalue weighted by atomic mass is 32.1. The predicted octanol–water partition coefficient (Wildman–Crippen LogP) is 4.82. The smallest absolute Gasteiger partial charge is 0.318 e. The Labute approximate surface area is 171 Å². The first-order valence-electron chi connectivity index (χ1n) is 10.7. The molecule has 0 fully saturated rings. The van der Waals surface area contributed by atoms with Crippen LogP contribution in [0.5, 0.6) is 0 Å². The minimum Gasteiger partial charge on any atom is -0.382 e. The summed E-state index contributed by atoms with van der Waals surface area (Å²) in [6, 6.07) is 4.43. The standard InChI is InChI=1S/C22H31N3O2S/c1-3-18-19-10-7-13-24(19)21-17(16-9-5-6-11-20(16)28-21)15-25(18)22(26)23-12-8-14-27-4-2/h7,10,13,18H,3-6,8-9,11-12,14-15H2,1-2H3,(H,23,26). The predicted molar refractivity (Wildman–Crippen MR) is 113 cm³/mol. The number of nitrogens with zero attached hydrogens (tertiary/aromatic N) is 2. The summed E-state index contributed by atoms with van der Waals surface area (Å²) in [5.41, 5.74) is 4.11. The topological polar surface area (TPSA) is 46.5 Å². The molecule has 152 valence electrons. The molecule has 4 rings (SSSR count). The third kappa shape index (κ3) is 3.60. The van der Waals surface area contributed by atoms with E-state index in [2.05, 4.69) is 40.0 Å². The lowest BCUT2D eigenvalue weighted by atomic mass is 9.95. The van der Waals surface area contributed by atoms with Crippen molar-refractivity contribution >= 4 is 17.4 Å². The van der Waals surface area contributed by atoms with E-state index in [-0.39, 0.29) is 12.1 Å². The largest absolute Gasteiger partial charge is 0.382 e. The van der Waals surface area contributed by atoms with Gasteiger partial charge in [0.15, 0.2) is 0 Å². The summed E-state index contributed by atoms with van der Waals surface area (Å²) in [7, 11) is 0. The van der Waals surface area contributed by atoms with Crippen molar-refractivity contribution in [3.05, 3.63) is 40.0 Å². The molecule has 2 aromatic rings. The Hall–Kier alpha value is -1.79. The van der Waals surface area contributed by atoms with Gasteiger partial charge < -0.3 is 19.5 Å². The Bertz CT molecular complexity index is 826. The van der Waals surface area contributed by atoms with E-state index < -0.39 is 0 Å². The molecule has 1 unspecified atom stereocenters. The van der Waals surface area contributed by atoms with Gasteiger partial charge in [-0.1, -0.05) is 6.92 Å². The van der Waals surface area contributed by atoms with Gasteiger partial charge in [-0.05, 0) is 63.1 Å². The lowest BCUT2D eigenvalue weighted by Gasteiger charge is -2.30. The fourth-order valence-corrected chi connectivity index (χ4v) is 5.93. The first-order chi connectivity index (χ1) is 13.7. The maximum atomic E-state index is 13.2. The fourth-order valence-electron chi connectivity index (χ4n) is 4.52. The second-order valence-corrected chi connectivity index (χ2v) is 8.72. The molecule has 5 nitrogen and oxygen atoms in total. The maximum absolute atomic E-state index is 13.2. The molecule has 0 spiro atoms. The zero-order valence-electron chi connectivity index (χ0n) is 17.0. The summed E-state index contributed by atoms with van der Waals surface area (Å²) in [5.74, 6) is 0. The number of carbonyl (C=O) groups excluding carboxylic acids is 1. The van der Waals surface area contributed by atoms with Crippen molar-refractivity contribution in [2.45, 2.75) is 65.0 Å². The Kier molecular flexibility index (Phi) is 6.07. The van der Waals surface area contributed by atoms with Crippen LogP contribution in [0.4, 0.5) is 4.79 Å². The number of rotatable bonds is 6.